The van der Waals surface area contributed by atoms with Gasteiger partial charge in [-0.25, -0.2) is 4.79 Å². The minimum absolute atomic E-state index is 0.0301. The Hall–Kier alpha value is -2.41. The minimum atomic E-state index is -1.18. The van der Waals surface area contributed by atoms with E-state index in [-0.39, 0.29) is 23.6 Å². The van der Waals surface area contributed by atoms with E-state index in [1.807, 2.05) is 0 Å². The van der Waals surface area contributed by atoms with Crippen molar-refractivity contribution in [3.63, 3.8) is 0 Å². The van der Waals surface area contributed by atoms with E-state index in [1.165, 1.54) is 6.07 Å². The van der Waals surface area contributed by atoms with Crippen LogP contribution < -0.4 is 4.89 Å². The zero-order valence-corrected chi connectivity index (χ0v) is 8.45. The summed E-state index contributed by atoms with van der Waals surface area (Å²) >= 11 is 0. The average molecular weight is 237 g/mol. The van der Waals surface area contributed by atoms with Crippen molar-refractivity contribution in [1.82, 2.24) is 0 Å². The Morgan fingerprint density at radius 2 is 2.29 bits per heavy atom. The summed E-state index contributed by atoms with van der Waals surface area (Å²) in [4.78, 5) is 30.0. The molecule has 1 aliphatic rings. The van der Waals surface area contributed by atoms with Gasteiger partial charge in [-0.3, -0.25) is 10.1 Å². The Bertz CT molecular complexity index is 522. The van der Waals surface area contributed by atoms with Crippen molar-refractivity contribution in [2.24, 2.45) is 0 Å². The first kappa shape index (κ1) is 11.1. The molecule has 17 heavy (non-hydrogen) atoms. The van der Waals surface area contributed by atoms with Gasteiger partial charge in [0.15, 0.2) is 0 Å². The number of carbonyl (C=O) groups is 1. The Labute approximate surface area is 95.0 Å². The maximum absolute atomic E-state index is 10.9. The van der Waals surface area contributed by atoms with Crippen molar-refractivity contribution < 1.29 is 24.6 Å². The molecule has 1 N–H and O–H groups in total. The number of nitrogens with zero attached hydrogens (tertiary/aromatic N) is 1. The third-order valence-corrected chi connectivity index (χ3v) is 2.19. The van der Waals surface area contributed by atoms with Gasteiger partial charge in [-0.05, 0) is 12.1 Å². The van der Waals surface area contributed by atoms with Gasteiger partial charge in [0, 0.05) is 11.6 Å². The van der Waals surface area contributed by atoms with Gasteiger partial charge < -0.3 is 9.99 Å². The van der Waals surface area contributed by atoms with Crippen molar-refractivity contribution in [1.29, 1.82) is 0 Å². The molecular formula is C10H7NO6. The van der Waals surface area contributed by atoms with Crippen LogP contribution in [-0.2, 0) is 16.3 Å². The quantitative estimate of drug-likeness (QED) is 0.370. The summed E-state index contributed by atoms with van der Waals surface area (Å²) in [5.41, 5.74) is 0.420. The van der Waals surface area contributed by atoms with Crippen LogP contribution in [-0.4, -0.2) is 16.0 Å². The lowest BCUT2D eigenvalue weighted by Crippen LogP contribution is -1.96. The molecule has 0 unspecified atom stereocenters. The highest BCUT2D eigenvalue weighted by molar-refractivity contribution is 5.86. The van der Waals surface area contributed by atoms with Crippen LogP contribution in [0.2, 0.25) is 0 Å². The van der Waals surface area contributed by atoms with Crippen LogP contribution in [0.25, 0.3) is 6.08 Å². The molecule has 1 heterocycles. The minimum Gasteiger partial charge on any atom is -0.478 e. The van der Waals surface area contributed by atoms with Gasteiger partial charge in [-0.15, -0.1) is 0 Å². The summed E-state index contributed by atoms with van der Waals surface area (Å²) in [7, 11) is 0. The van der Waals surface area contributed by atoms with Gasteiger partial charge in [-0.1, -0.05) is 6.07 Å². The predicted molar refractivity (Wildman–Crippen MR) is 55.2 cm³/mol. The third-order valence-electron chi connectivity index (χ3n) is 2.19. The molecule has 2 rings (SSSR count). The number of carboxylic acid groups (broad SMARTS) is 1. The van der Waals surface area contributed by atoms with Gasteiger partial charge >= 0.3 is 11.7 Å². The number of nitro groups is 1. The van der Waals surface area contributed by atoms with Crippen LogP contribution in [0.5, 0.6) is 5.75 Å². The van der Waals surface area contributed by atoms with E-state index in [0.717, 1.165) is 12.2 Å². The second-order valence-corrected chi connectivity index (χ2v) is 3.27. The molecule has 7 nitrogen and oxygen atoms in total. The van der Waals surface area contributed by atoms with Crippen molar-refractivity contribution >= 4 is 17.7 Å². The molecule has 0 amide bonds. The van der Waals surface area contributed by atoms with Crippen molar-refractivity contribution in [3.8, 4) is 5.75 Å². The van der Waals surface area contributed by atoms with E-state index in [4.69, 9.17) is 9.99 Å². The first-order chi connectivity index (χ1) is 8.09. The lowest BCUT2D eigenvalue weighted by atomic mass is 10.1. The Morgan fingerprint density at radius 3 is 2.94 bits per heavy atom. The lowest BCUT2D eigenvalue weighted by molar-refractivity contribution is -0.388. The summed E-state index contributed by atoms with van der Waals surface area (Å²) in [5.74, 6) is -1.15. The Morgan fingerprint density at radius 1 is 1.53 bits per heavy atom. The fraction of sp³-hybridized carbons (Fsp3) is 0.100. The largest absolute Gasteiger partial charge is 0.478 e. The fourth-order valence-electron chi connectivity index (χ4n) is 1.47. The molecule has 0 saturated heterocycles. The van der Waals surface area contributed by atoms with Crippen LogP contribution in [0.4, 0.5) is 5.69 Å². The second kappa shape index (κ2) is 4.22. The van der Waals surface area contributed by atoms with Crippen LogP contribution >= 0.6 is 0 Å². The van der Waals surface area contributed by atoms with Crippen molar-refractivity contribution in [3.05, 3.63) is 39.4 Å². The molecular weight excluding hydrogens is 230 g/mol. The van der Waals surface area contributed by atoms with Crippen molar-refractivity contribution in [2.45, 2.75) is 6.61 Å². The number of rotatable bonds is 3. The topological polar surface area (TPSA) is 98.9 Å². The first-order valence-electron chi connectivity index (χ1n) is 4.60. The zero-order valence-electron chi connectivity index (χ0n) is 8.45. The number of hydrogen-bond acceptors (Lipinski definition) is 5. The average Bonchev–Trinajstić information content (AvgIpc) is 2.72. The zero-order chi connectivity index (χ0) is 12.4. The van der Waals surface area contributed by atoms with Crippen molar-refractivity contribution in [2.75, 3.05) is 0 Å². The summed E-state index contributed by atoms with van der Waals surface area (Å²) in [6, 6.07) is 3.05. The number of nitro benzene ring substituents is 1. The van der Waals surface area contributed by atoms with E-state index in [1.54, 1.807) is 6.07 Å². The highest BCUT2D eigenvalue weighted by Crippen LogP contribution is 2.39. The fourth-order valence-corrected chi connectivity index (χ4v) is 1.47. The molecule has 7 heteroatoms. The number of carboxylic acids is 1. The molecule has 0 bridgehead atoms. The van der Waals surface area contributed by atoms with Gasteiger partial charge in [0.2, 0.25) is 5.75 Å². The van der Waals surface area contributed by atoms with E-state index in [0.29, 0.717) is 5.56 Å². The second-order valence-electron chi connectivity index (χ2n) is 3.27. The Balaban J connectivity index is 2.53. The first-order valence-corrected chi connectivity index (χ1v) is 4.60. The molecule has 0 spiro atoms. The van der Waals surface area contributed by atoms with E-state index in [9.17, 15) is 14.9 Å². The lowest BCUT2D eigenvalue weighted by Gasteiger charge is -2.01. The summed E-state index contributed by atoms with van der Waals surface area (Å²) in [6.45, 7) is 0.138. The normalized spacial score (nSPS) is 13.4. The molecule has 1 aromatic rings. The van der Waals surface area contributed by atoms with Gasteiger partial charge in [0.05, 0.1) is 10.5 Å². The maximum Gasteiger partial charge on any atom is 0.328 e. The summed E-state index contributed by atoms with van der Waals surface area (Å²) in [6.07, 6.45) is 1.97. The highest BCUT2D eigenvalue weighted by atomic mass is 17.2. The number of aliphatic carboxylic acids is 1. The Kier molecular flexibility index (Phi) is 2.75. The molecule has 0 radical (unpaired) electrons. The molecule has 88 valence electrons. The number of fused-ring (bicyclic) bond motifs is 1. The van der Waals surface area contributed by atoms with Crippen LogP contribution in [0, 0.1) is 10.1 Å². The molecule has 0 aromatic heterocycles. The van der Waals surface area contributed by atoms with Crippen LogP contribution in [0.15, 0.2) is 18.2 Å². The van der Waals surface area contributed by atoms with Crippen LogP contribution in [0.3, 0.4) is 0 Å². The van der Waals surface area contributed by atoms with Crippen LogP contribution in [0.1, 0.15) is 11.1 Å². The maximum atomic E-state index is 10.9. The van der Waals surface area contributed by atoms with Gasteiger partial charge in [-0.2, -0.15) is 4.89 Å². The molecule has 0 aliphatic carbocycles. The summed E-state index contributed by atoms with van der Waals surface area (Å²) in [5, 5.41) is 19.4. The molecule has 0 fully saturated rings. The molecule has 1 aliphatic heterocycles. The number of hydrogen-bond donors (Lipinski definition) is 1. The smallest absolute Gasteiger partial charge is 0.328 e. The number of benzene rings is 1. The van der Waals surface area contributed by atoms with Gasteiger partial charge in [0.1, 0.15) is 6.61 Å². The SMILES string of the molecule is O=C(O)/C=C/c1ccc2c(c1[N+](=O)[O-])OOC2. The predicted octanol–water partition coefficient (Wildman–Crippen LogP) is 1.52. The van der Waals surface area contributed by atoms with E-state index < -0.39 is 10.9 Å². The van der Waals surface area contributed by atoms with Gasteiger partial charge in [0.25, 0.3) is 0 Å². The third kappa shape index (κ3) is 2.08. The molecule has 0 atom stereocenters. The van der Waals surface area contributed by atoms with E-state index in [2.05, 4.69) is 4.89 Å². The monoisotopic (exact) mass is 237 g/mol. The standard InChI is InChI=1S/C10H7NO6/c12-8(13)4-3-6-1-2-7-5-16-17-10(7)9(6)11(14)15/h1-4H,5H2,(H,12,13)/b4-3+. The molecule has 0 saturated carbocycles. The molecule has 1 aromatic carbocycles. The van der Waals surface area contributed by atoms with E-state index >= 15 is 0 Å². The summed E-state index contributed by atoms with van der Waals surface area (Å²) < 4.78 is 0. The highest BCUT2D eigenvalue weighted by Gasteiger charge is 2.28.